The highest BCUT2D eigenvalue weighted by atomic mass is 35.5. The third-order valence-corrected chi connectivity index (χ3v) is 2.44. The van der Waals surface area contributed by atoms with E-state index in [1.165, 1.54) is 7.11 Å². The lowest BCUT2D eigenvalue weighted by atomic mass is 10.1. The summed E-state index contributed by atoms with van der Waals surface area (Å²) in [6, 6.07) is 4.85. The topological polar surface area (TPSA) is 47.6 Å². The standard InChI is InChI=1S/C12H16ClNO3/c1-8(7-16-2)14-12(15)10-6-9(13)4-5-11(10)17-3/h4-6,8H,7H2,1-3H3,(H,14,15). The van der Waals surface area contributed by atoms with Gasteiger partial charge in [0.25, 0.3) is 5.91 Å². The second-order valence-corrected chi connectivity index (χ2v) is 4.11. The molecule has 1 aromatic carbocycles. The normalized spacial score (nSPS) is 12.0. The molecule has 1 rings (SSSR count). The Morgan fingerprint density at radius 1 is 1.47 bits per heavy atom. The molecule has 1 amide bonds. The van der Waals surface area contributed by atoms with E-state index in [1.54, 1.807) is 25.3 Å². The Morgan fingerprint density at radius 2 is 2.18 bits per heavy atom. The van der Waals surface area contributed by atoms with Gasteiger partial charge in [-0.25, -0.2) is 0 Å². The lowest BCUT2D eigenvalue weighted by molar-refractivity contribution is 0.0902. The van der Waals surface area contributed by atoms with Crippen LogP contribution < -0.4 is 10.1 Å². The molecular weight excluding hydrogens is 242 g/mol. The lowest BCUT2D eigenvalue weighted by Crippen LogP contribution is -2.35. The van der Waals surface area contributed by atoms with E-state index in [9.17, 15) is 4.79 Å². The molecule has 4 nitrogen and oxygen atoms in total. The van der Waals surface area contributed by atoms with Crippen molar-refractivity contribution in [2.24, 2.45) is 0 Å². The van der Waals surface area contributed by atoms with E-state index in [1.807, 2.05) is 6.92 Å². The average Bonchev–Trinajstić information content (AvgIpc) is 2.29. The number of hydrogen-bond acceptors (Lipinski definition) is 3. The number of nitrogens with one attached hydrogen (secondary N) is 1. The molecule has 0 aliphatic heterocycles. The minimum Gasteiger partial charge on any atom is -0.496 e. The van der Waals surface area contributed by atoms with Gasteiger partial charge in [0.05, 0.1) is 19.3 Å². The number of methoxy groups -OCH3 is 2. The van der Waals surface area contributed by atoms with E-state index in [2.05, 4.69) is 5.32 Å². The molecule has 0 saturated carbocycles. The van der Waals surface area contributed by atoms with Gasteiger partial charge in [-0.15, -0.1) is 0 Å². The molecule has 94 valence electrons. The molecule has 1 N–H and O–H groups in total. The van der Waals surface area contributed by atoms with Gasteiger partial charge in [0, 0.05) is 18.2 Å². The molecule has 0 aliphatic carbocycles. The zero-order valence-corrected chi connectivity index (χ0v) is 10.9. The first-order valence-electron chi connectivity index (χ1n) is 5.21. The Morgan fingerprint density at radius 3 is 2.76 bits per heavy atom. The van der Waals surface area contributed by atoms with Gasteiger partial charge >= 0.3 is 0 Å². The van der Waals surface area contributed by atoms with Crippen LogP contribution in [-0.2, 0) is 4.74 Å². The average molecular weight is 258 g/mol. The van der Waals surface area contributed by atoms with E-state index in [4.69, 9.17) is 21.1 Å². The van der Waals surface area contributed by atoms with E-state index in [0.29, 0.717) is 22.9 Å². The molecule has 0 saturated heterocycles. The highest BCUT2D eigenvalue weighted by Gasteiger charge is 2.14. The molecule has 0 aliphatic rings. The Labute approximate surface area is 106 Å². The van der Waals surface area contributed by atoms with Gasteiger partial charge in [-0.2, -0.15) is 0 Å². The zero-order valence-electron chi connectivity index (χ0n) is 10.1. The van der Waals surface area contributed by atoms with Gasteiger partial charge in [0.15, 0.2) is 0 Å². The lowest BCUT2D eigenvalue weighted by Gasteiger charge is -2.14. The molecule has 1 unspecified atom stereocenters. The summed E-state index contributed by atoms with van der Waals surface area (Å²) >= 11 is 5.86. The van der Waals surface area contributed by atoms with Crippen LogP contribution >= 0.6 is 11.6 Å². The number of carbonyl (C=O) groups excluding carboxylic acids is 1. The Hall–Kier alpha value is -1.26. The fourth-order valence-corrected chi connectivity index (χ4v) is 1.62. The second kappa shape index (κ2) is 6.47. The largest absolute Gasteiger partial charge is 0.496 e. The van der Waals surface area contributed by atoms with Gasteiger partial charge < -0.3 is 14.8 Å². The molecule has 0 heterocycles. The summed E-state index contributed by atoms with van der Waals surface area (Å²) in [5.41, 5.74) is 0.419. The highest BCUT2D eigenvalue weighted by Crippen LogP contribution is 2.22. The molecule has 0 bridgehead atoms. The van der Waals surface area contributed by atoms with Crippen molar-refractivity contribution in [3.05, 3.63) is 28.8 Å². The number of amides is 1. The van der Waals surface area contributed by atoms with Gasteiger partial charge in [-0.05, 0) is 25.1 Å². The van der Waals surface area contributed by atoms with Crippen molar-refractivity contribution in [3.8, 4) is 5.75 Å². The van der Waals surface area contributed by atoms with Crippen molar-refractivity contribution in [1.29, 1.82) is 0 Å². The molecule has 0 spiro atoms. The van der Waals surface area contributed by atoms with Crippen LogP contribution in [0, 0.1) is 0 Å². The minimum atomic E-state index is -0.228. The third-order valence-electron chi connectivity index (χ3n) is 2.20. The fourth-order valence-electron chi connectivity index (χ4n) is 1.45. The smallest absolute Gasteiger partial charge is 0.255 e. The van der Waals surface area contributed by atoms with E-state index < -0.39 is 0 Å². The predicted molar refractivity (Wildman–Crippen MR) is 66.8 cm³/mol. The first-order valence-corrected chi connectivity index (χ1v) is 5.59. The predicted octanol–water partition coefficient (Wildman–Crippen LogP) is 2.11. The zero-order chi connectivity index (χ0) is 12.8. The second-order valence-electron chi connectivity index (χ2n) is 3.67. The van der Waals surface area contributed by atoms with Crippen LogP contribution in [-0.4, -0.2) is 32.8 Å². The van der Waals surface area contributed by atoms with Crippen LogP contribution in [0.5, 0.6) is 5.75 Å². The first kappa shape index (κ1) is 13.8. The van der Waals surface area contributed by atoms with Crippen molar-refractivity contribution >= 4 is 17.5 Å². The molecule has 0 aromatic heterocycles. The monoisotopic (exact) mass is 257 g/mol. The Kier molecular flexibility index (Phi) is 5.25. The van der Waals surface area contributed by atoms with Gasteiger partial charge in [-0.1, -0.05) is 11.6 Å². The summed E-state index contributed by atoms with van der Waals surface area (Å²) in [4.78, 5) is 12.0. The van der Waals surface area contributed by atoms with Crippen LogP contribution in [0.25, 0.3) is 0 Å². The number of benzene rings is 1. The molecule has 17 heavy (non-hydrogen) atoms. The van der Waals surface area contributed by atoms with Gasteiger partial charge in [-0.3, -0.25) is 4.79 Å². The molecular formula is C12H16ClNO3. The SMILES string of the molecule is COCC(C)NC(=O)c1cc(Cl)ccc1OC. The van der Waals surface area contributed by atoms with Crippen molar-refractivity contribution in [1.82, 2.24) is 5.32 Å². The van der Waals surface area contributed by atoms with E-state index >= 15 is 0 Å². The number of carbonyl (C=O) groups is 1. The molecule has 1 aromatic rings. The quantitative estimate of drug-likeness (QED) is 0.879. The molecule has 1 atom stereocenters. The van der Waals surface area contributed by atoms with Crippen LogP contribution in [0.3, 0.4) is 0 Å². The summed E-state index contributed by atoms with van der Waals surface area (Å²) in [5, 5.41) is 3.29. The molecule has 0 radical (unpaired) electrons. The number of hydrogen-bond donors (Lipinski definition) is 1. The van der Waals surface area contributed by atoms with Crippen LogP contribution in [0.2, 0.25) is 5.02 Å². The van der Waals surface area contributed by atoms with Crippen LogP contribution in [0.4, 0.5) is 0 Å². The minimum absolute atomic E-state index is 0.0730. The van der Waals surface area contributed by atoms with E-state index in [0.717, 1.165) is 0 Å². The fraction of sp³-hybridized carbons (Fsp3) is 0.417. The van der Waals surface area contributed by atoms with Gasteiger partial charge in [0.1, 0.15) is 5.75 Å². The van der Waals surface area contributed by atoms with Crippen LogP contribution in [0.15, 0.2) is 18.2 Å². The summed E-state index contributed by atoms with van der Waals surface area (Å²) < 4.78 is 10.1. The first-order chi connectivity index (χ1) is 8.08. The number of ether oxygens (including phenoxy) is 2. The summed E-state index contributed by atoms with van der Waals surface area (Å²) in [6.07, 6.45) is 0. The Balaban J connectivity index is 2.83. The van der Waals surface area contributed by atoms with Crippen molar-refractivity contribution in [2.75, 3.05) is 20.8 Å². The third kappa shape index (κ3) is 3.91. The maximum Gasteiger partial charge on any atom is 0.255 e. The molecule has 0 fully saturated rings. The van der Waals surface area contributed by atoms with Crippen molar-refractivity contribution in [2.45, 2.75) is 13.0 Å². The summed E-state index contributed by atoms with van der Waals surface area (Å²) in [7, 11) is 3.10. The van der Waals surface area contributed by atoms with Crippen molar-refractivity contribution < 1.29 is 14.3 Å². The summed E-state index contributed by atoms with van der Waals surface area (Å²) in [6.45, 7) is 2.31. The maximum absolute atomic E-state index is 12.0. The number of rotatable bonds is 5. The highest BCUT2D eigenvalue weighted by molar-refractivity contribution is 6.31. The maximum atomic E-state index is 12.0. The number of halogens is 1. The van der Waals surface area contributed by atoms with E-state index in [-0.39, 0.29) is 11.9 Å². The van der Waals surface area contributed by atoms with Crippen LogP contribution in [0.1, 0.15) is 17.3 Å². The summed E-state index contributed by atoms with van der Waals surface area (Å²) in [5.74, 6) is 0.269. The van der Waals surface area contributed by atoms with Crippen molar-refractivity contribution in [3.63, 3.8) is 0 Å². The molecule has 5 heteroatoms. The van der Waals surface area contributed by atoms with Gasteiger partial charge in [0.2, 0.25) is 0 Å². The Bertz CT molecular complexity index is 395.